The molecule has 2 rings (SSSR count). The van der Waals surface area contributed by atoms with Crippen LogP contribution in [0.3, 0.4) is 0 Å². The molecule has 0 bridgehead atoms. The fourth-order valence-electron chi connectivity index (χ4n) is 2.08. The molecule has 3 N–H and O–H groups in total. The Kier molecular flexibility index (Phi) is 4.16. The van der Waals surface area contributed by atoms with Gasteiger partial charge in [0.1, 0.15) is 0 Å². The van der Waals surface area contributed by atoms with Crippen molar-refractivity contribution in [3.63, 3.8) is 0 Å². The second-order valence-corrected chi connectivity index (χ2v) is 4.97. The molecule has 2 nitrogen and oxygen atoms in total. The number of hydrogen-bond acceptors (Lipinski definition) is 2. The van der Waals surface area contributed by atoms with E-state index in [2.05, 4.69) is 51.6 Å². The van der Waals surface area contributed by atoms with E-state index in [0.29, 0.717) is 12.6 Å². The number of nitrogens with one attached hydrogen (secondary N) is 1. The van der Waals surface area contributed by atoms with Crippen molar-refractivity contribution in [2.24, 2.45) is 5.73 Å². The molecule has 0 spiro atoms. The van der Waals surface area contributed by atoms with Gasteiger partial charge in [-0.15, -0.1) is 0 Å². The van der Waals surface area contributed by atoms with Gasteiger partial charge in [-0.1, -0.05) is 46.3 Å². The zero-order chi connectivity index (χ0) is 11.4. The molecule has 0 amide bonds. The smallest absolute Gasteiger partial charge is 0.0458 e. The lowest BCUT2D eigenvalue weighted by Crippen LogP contribution is -2.35. The van der Waals surface area contributed by atoms with Crippen LogP contribution in [0.1, 0.15) is 24.4 Å². The topological polar surface area (TPSA) is 38.0 Å². The number of nitrogens with two attached hydrogens (primary N) is 1. The summed E-state index contributed by atoms with van der Waals surface area (Å²) in [4.78, 5) is 0. The lowest BCUT2D eigenvalue weighted by molar-refractivity contribution is 0.452. The molecule has 1 atom stereocenters. The van der Waals surface area contributed by atoms with E-state index in [4.69, 9.17) is 5.73 Å². The highest BCUT2D eigenvalue weighted by molar-refractivity contribution is 9.10. The third kappa shape index (κ3) is 2.73. The average Bonchev–Trinajstić information content (AvgIpc) is 2.80. The lowest BCUT2D eigenvalue weighted by Gasteiger charge is -2.23. The summed E-state index contributed by atoms with van der Waals surface area (Å²) in [6, 6.07) is 9.04. The molecule has 0 aliphatic heterocycles. The number of halogens is 1. The molecule has 0 saturated heterocycles. The Morgan fingerprint density at radius 1 is 1.31 bits per heavy atom. The Labute approximate surface area is 105 Å². The predicted molar refractivity (Wildman–Crippen MR) is 71.2 cm³/mol. The first kappa shape index (κ1) is 11.8. The van der Waals surface area contributed by atoms with E-state index in [1.807, 2.05) is 6.07 Å². The van der Waals surface area contributed by atoms with Gasteiger partial charge in [0, 0.05) is 23.1 Å². The van der Waals surface area contributed by atoms with Gasteiger partial charge in [0.05, 0.1) is 0 Å². The number of hydrogen-bond donors (Lipinski definition) is 2. The standard InChI is InChI=1S/C13H17BrN2/c14-12-8-4-3-7-11(12)13(9-15)16-10-5-1-2-6-10/h1-4,7-8,10,13,16H,5-6,9,15H2. The first-order valence-corrected chi connectivity index (χ1v) is 6.46. The molecule has 3 heteroatoms. The maximum Gasteiger partial charge on any atom is 0.0458 e. The molecule has 1 aromatic carbocycles. The summed E-state index contributed by atoms with van der Waals surface area (Å²) in [6.45, 7) is 0.624. The molecule has 1 aliphatic rings. The summed E-state index contributed by atoms with van der Waals surface area (Å²) in [5.41, 5.74) is 7.10. The van der Waals surface area contributed by atoms with Gasteiger partial charge in [-0.2, -0.15) is 0 Å². The maximum atomic E-state index is 5.85. The SMILES string of the molecule is NCC(NC1CC=CC1)c1ccccc1Br. The molecule has 16 heavy (non-hydrogen) atoms. The second-order valence-electron chi connectivity index (χ2n) is 4.12. The lowest BCUT2D eigenvalue weighted by atomic mass is 10.1. The summed E-state index contributed by atoms with van der Waals surface area (Å²) in [5, 5.41) is 3.61. The second kappa shape index (κ2) is 5.62. The third-order valence-electron chi connectivity index (χ3n) is 2.96. The fraction of sp³-hybridized carbons (Fsp3) is 0.385. The van der Waals surface area contributed by atoms with Crippen molar-refractivity contribution in [1.29, 1.82) is 0 Å². The number of rotatable bonds is 4. The minimum atomic E-state index is 0.237. The molecule has 0 fully saturated rings. The van der Waals surface area contributed by atoms with Crippen molar-refractivity contribution in [3.8, 4) is 0 Å². The highest BCUT2D eigenvalue weighted by Crippen LogP contribution is 2.24. The van der Waals surface area contributed by atoms with Crippen LogP contribution in [0.2, 0.25) is 0 Å². The Bertz CT molecular complexity index is 368. The molecule has 0 saturated carbocycles. The Hall–Kier alpha value is -0.640. The van der Waals surface area contributed by atoms with Gasteiger partial charge in [-0.25, -0.2) is 0 Å². The largest absolute Gasteiger partial charge is 0.329 e. The molecule has 1 aliphatic carbocycles. The van der Waals surface area contributed by atoms with Gasteiger partial charge < -0.3 is 11.1 Å². The van der Waals surface area contributed by atoms with Crippen LogP contribution in [0.15, 0.2) is 40.9 Å². The quantitative estimate of drug-likeness (QED) is 0.833. The minimum absolute atomic E-state index is 0.237. The van der Waals surface area contributed by atoms with Gasteiger partial charge in [-0.3, -0.25) is 0 Å². The van der Waals surface area contributed by atoms with Crippen LogP contribution < -0.4 is 11.1 Å². The van der Waals surface area contributed by atoms with Crippen LogP contribution in [0.4, 0.5) is 0 Å². The van der Waals surface area contributed by atoms with Crippen LogP contribution in [0.5, 0.6) is 0 Å². The van der Waals surface area contributed by atoms with E-state index in [1.165, 1.54) is 5.56 Å². The van der Waals surface area contributed by atoms with Crippen molar-refractivity contribution >= 4 is 15.9 Å². The van der Waals surface area contributed by atoms with Crippen molar-refractivity contribution in [2.75, 3.05) is 6.54 Å². The molecule has 1 aromatic rings. The van der Waals surface area contributed by atoms with Crippen LogP contribution in [0, 0.1) is 0 Å². The van der Waals surface area contributed by atoms with Gasteiger partial charge >= 0.3 is 0 Å². The zero-order valence-electron chi connectivity index (χ0n) is 9.20. The molecule has 0 radical (unpaired) electrons. The Balaban J connectivity index is 2.07. The summed E-state index contributed by atoms with van der Waals surface area (Å²) < 4.78 is 1.13. The average molecular weight is 281 g/mol. The first-order chi connectivity index (χ1) is 7.81. The first-order valence-electron chi connectivity index (χ1n) is 5.67. The van der Waals surface area contributed by atoms with E-state index in [1.54, 1.807) is 0 Å². The van der Waals surface area contributed by atoms with E-state index in [9.17, 15) is 0 Å². The maximum absolute atomic E-state index is 5.85. The van der Waals surface area contributed by atoms with Crippen LogP contribution >= 0.6 is 15.9 Å². The fourth-order valence-corrected chi connectivity index (χ4v) is 2.64. The van der Waals surface area contributed by atoms with Gasteiger partial charge in [0.15, 0.2) is 0 Å². The summed E-state index contributed by atoms with van der Waals surface area (Å²) in [6.07, 6.45) is 6.68. The van der Waals surface area contributed by atoms with E-state index >= 15 is 0 Å². The van der Waals surface area contributed by atoms with Crippen molar-refractivity contribution in [1.82, 2.24) is 5.32 Å². The van der Waals surface area contributed by atoms with Gasteiger partial charge in [-0.05, 0) is 24.5 Å². The molecule has 0 aromatic heterocycles. The van der Waals surface area contributed by atoms with Crippen molar-refractivity contribution in [3.05, 3.63) is 46.5 Å². The Morgan fingerprint density at radius 3 is 2.62 bits per heavy atom. The molecule has 86 valence electrons. The predicted octanol–water partition coefficient (Wildman–Crippen LogP) is 2.76. The van der Waals surface area contributed by atoms with Crippen LogP contribution in [-0.4, -0.2) is 12.6 Å². The molecule has 1 unspecified atom stereocenters. The van der Waals surface area contributed by atoms with Crippen molar-refractivity contribution in [2.45, 2.75) is 24.9 Å². The third-order valence-corrected chi connectivity index (χ3v) is 3.68. The van der Waals surface area contributed by atoms with Crippen LogP contribution in [0.25, 0.3) is 0 Å². The number of benzene rings is 1. The van der Waals surface area contributed by atoms with E-state index in [-0.39, 0.29) is 6.04 Å². The highest BCUT2D eigenvalue weighted by Gasteiger charge is 2.17. The van der Waals surface area contributed by atoms with Gasteiger partial charge in [0.25, 0.3) is 0 Å². The molecular weight excluding hydrogens is 264 g/mol. The monoisotopic (exact) mass is 280 g/mol. The summed E-state index contributed by atoms with van der Waals surface area (Å²) >= 11 is 3.58. The minimum Gasteiger partial charge on any atom is -0.329 e. The summed E-state index contributed by atoms with van der Waals surface area (Å²) in [5.74, 6) is 0. The molecular formula is C13H17BrN2. The highest BCUT2D eigenvalue weighted by atomic mass is 79.9. The van der Waals surface area contributed by atoms with E-state index in [0.717, 1.165) is 17.3 Å². The van der Waals surface area contributed by atoms with Gasteiger partial charge in [0.2, 0.25) is 0 Å². The normalized spacial score (nSPS) is 17.9. The summed E-state index contributed by atoms with van der Waals surface area (Å²) in [7, 11) is 0. The van der Waals surface area contributed by atoms with E-state index < -0.39 is 0 Å². The van der Waals surface area contributed by atoms with Crippen molar-refractivity contribution < 1.29 is 0 Å². The zero-order valence-corrected chi connectivity index (χ0v) is 10.8. The Morgan fingerprint density at radius 2 is 2.00 bits per heavy atom. The molecule has 0 heterocycles. The van der Waals surface area contributed by atoms with Crippen LogP contribution in [-0.2, 0) is 0 Å².